The monoisotopic (exact) mass is 293 g/mol. The minimum Gasteiger partial charge on any atom is -0.389 e. The molecule has 4 rings (SSSR count). The molecule has 21 heavy (non-hydrogen) atoms. The number of nitrogens with two attached hydrogens (primary N) is 1. The van der Waals surface area contributed by atoms with Crippen LogP contribution in [-0.4, -0.2) is 14.8 Å². The first-order chi connectivity index (χ1) is 10.2. The van der Waals surface area contributed by atoms with Crippen molar-refractivity contribution in [2.75, 3.05) is 0 Å². The third kappa shape index (κ3) is 2.12. The number of hydrogen-bond acceptors (Lipinski definition) is 2. The lowest BCUT2D eigenvalue weighted by molar-refractivity contribution is 0.842. The topological polar surface area (TPSA) is 43.8 Å². The average molecular weight is 293 g/mol. The maximum absolute atomic E-state index is 5.83. The van der Waals surface area contributed by atoms with E-state index in [0.29, 0.717) is 10.9 Å². The normalized spacial score (nSPS) is 14.5. The van der Waals surface area contributed by atoms with E-state index in [0.717, 1.165) is 22.0 Å². The van der Waals surface area contributed by atoms with Crippen molar-refractivity contribution in [3.63, 3.8) is 0 Å². The highest BCUT2D eigenvalue weighted by atomic mass is 32.1. The fraction of sp³-hybridized carbons (Fsp3) is 0.176. The van der Waals surface area contributed by atoms with Crippen molar-refractivity contribution in [2.45, 2.75) is 18.8 Å². The highest BCUT2D eigenvalue weighted by molar-refractivity contribution is 7.80. The molecule has 3 nitrogen and oxygen atoms in total. The summed E-state index contributed by atoms with van der Waals surface area (Å²) in [5.41, 5.74) is 9.00. The molecule has 1 heterocycles. The third-order valence-corrected chi connectivity index (χ3v) is 4.24. The van der Waals surface area contributed by atoms with Gasteiger partial charge < -0.3 is 5.73 Å². The number of fused-ring (bicyclic) bond motifs is 1. The summed E-state index contributed by atoms with van der Waals surface area (Å²) in [5.74, 6) is 0.661. The van der Waals surface area contributed by atoms with Crippen LogP contribution >= 0.6 is 12.2 Å². The smallest absolute Gasteiger partial charge is 0.104 e. The van der Waals surface area contributed by atoms with Crippen molar-refractivity contribution in [1.82, 2.24) is 9.78 Å². The lowest BCUT2D eigenvalue weighted by atomic mass is 10.0. The molecular weight excluding hydrogens is 278 g/mol. The van der Waals surface area contributed by atoms with E-state index >= 15 is 0 Å². The Hall–Kier alpha value is -2.20. The molecule has 1 aliphatic carbocycles. The van der Waals surface area contributed by atoms with Gasteiger partial charge in [0.15, 0.2) is 0 Å². The van der Waals surface area contributed by atoms with Crippen LogP contribution < -0.4 is 5.73 Å². The molecule has 0 radical (unpaired) electrons. The van der Waals surface area contributed by atoms with Gasteiger partial charge >= 0.3 is 0 Å². The minimum atomic E-state index is 0.428. The maximum Gasteiger partial charge on any atom is 0.104 e. The molecule has 104 valence electrons. The van der Waals surface area contributed by atoms with E-state index < -0.39 is 0 Å². The Labute approximate surface area is 128 Å². The summed E-state index contributed by atoms with van der Waals surface area (Å²) in [5, 5.41) is 6.91. The van der Waals surface area contributed by atoms with Crippen molar-refractivity contribution < 1.29 is 0 Å². The van der Waals surface area contributed by atoms with Crippen LogP contribution in [0.15, 0.2) is 48.7 Å². The van der Waals surface area contributed by atoms with Crippen LogP contribution in [-0.2, 0) is 0 Å². The zero-order valence-corrected chi connectivity index (χ0v) is 12.3. The highest BCUT2D eigenvalue weighted by Crippen LogP contribution is 2.39. The van der Waals surface area contributed by atoms with Crippen LogP contribution in [0.5, 0.6) is 0 Å². The van der Waals surface area contributed by atoms with Gasteiger partial charge in [0.2, 0.25) is 0 Å². The van der Waals surface area contributed by atoms with E-state index in [4.69, 9.17) is 23.1 Å². The van der Waals surface area contributed by atoms with E-state index in [1.807, 2.05) is 35.1 Å². The van der Waals surface area contributed by atoms with Crippen LogP contribution in [0.2, 0.25) is 0 Å². The summed E-state index contributed by atoms with van der Waals surface area (Å²) in [4.78, 5) is 0.428. The Kier molecular flexibility index (Phi) is 2.79. The largest absolute Gasteiger partial charge is 0.389 e. The molecule has 1 saturated carbocycles. The predicted octanol–water partition coefficient (Wildman–Crippen LogP) is 3.54. The second kappa shape index (κ2) is 4.67. The van der Waals surface area contributed by atoms with Gasteiger partial charge in [-0.15, -0.1) is 0 Å². The van der Waals surface area contributed by atoms with Gasteiger partial charge in [0, 0.05) is 23.1 Å². The molecule has 0 bridgehead atoms. The number of nitrogens with zero attached hydrogens (tertiary/aromatic N) is 2. The standard InChI is InChI=1S/C17H15N3S/c18-17(21)14-7-8-16(13-4-2-1-3-12(13)14)20-10-9-15(19-20)11-5-6-11/h1-4,7-11H,5-6H2,(H2,18,21). The van der Waals surface area contributed by atoms with Crippen molar-refractivity contribution in [3.8, 4) is 5.69 Å². The highest BCUT2D eigenvalue weighted by Gasteiger charge is 2.26. The Balaban J connectivity index is 1.92. The molecule has 0 atom stereocenters. The van der Waals surface area contributed by atoms with E-state index in [1.54, 1.807) is 0 Å². The van der Waals surface area contributed by atoms with Gasteiger partial charge in [-0.1, -0.05) is 36.5 Å². The lowest BCUT2D eigenvalue weighted by Crippen LogP contribution is -2.10. The van der Waals surface area contributed by atoms with Gasteiger partial charge in [-0.3, -0.25) is 0 Å². The second-order valence-corrected chi connectivity index (χ2v) is 5.94. The zero-order chi connectivity index (χ0) is 14.4. The minimum absolute atomic E-state index is 0.428. The molecule has 2 N–H and O–H groups in total. The van der Waals surface area contributed by atoms with Gasteiger partial charge in [-0.25, -0.2) is 4.68 Å². The third-order valence-electron chi connectivity index (χ3n) is 4.02. The molecule has 4 heteroatoms. The molecule has 0 spiro atoms. The first kappa shape index (κ1) is 12.5. The van der Waals surface area contributed by atoms with Gasteiger partial charge in [0.05, 0.1) is 11.4 Å². The number of benzene rings is 2. The molecule has 0 unspecified atom stereocenters. The quantitative estimate of drug-likeness (QED) is 0.751. The number of rotatable bonds is 3. The fourth-order valence-corrected chi connectivity index (χ4v) is 2.94. The van der Waals surface area contributed by atoms with E-state index in [9.17, 15) is 0 Å². The fourth-order valence-electron chi connectivity index (χ4n) is 2.77. The Morgan fingerprint density at radius 2 is 1.86 bits per heavy atom. The summed E-state index contributed by atoms with van der Waals surface area (Å²) < 4.78 is 1.96. The van der Waals surface area contributed by atoms with Crippen molar-refractivity contribution in [2.24, 2.45) is 5.73 Å². The van der Waals surface area contributed by atoms with Crippen molar-refractivity contribution in [1.29, 1.82) is 0 Å². The summed E-state index contributed by atoms with van der Waals surface area (Å²) in [7, 11) is 0. The molecule has 1 aliphatic rings. The van der Waals surface area contributed by atoms with Gasteiger partial charge in [0.25, 0.3) is 0 Å². The molecule has 2 aromatic carbocycles. The van der Waals surface area contributed by atoms with Crippen LogP contribution in [0.3, 0.4) is 0 Å². The second-order valence-electron chi connectivity index (χ2n) is 5.50. The molecule has 0 aliphatic heterocycles. The van der Waals surface area contributed by atoms with Crippen molar-refractivity contribution in [3.05, 3.63) is 59.9 Å². The number of aromatic nitrogens is 2. The Bertz CT molecular complexity index is 846. The van der Waals surface area contributed by atoms with E-state index in [2.05, 4.69) is 18.2 Å². The van der Waals surface area contributed by atoms with Gasteiger partial charge in [-0.05, 0) is 36.4 Å². The average Bonchev–Trinajstić information content (AvgIpc) is 3.24. The summed E-state index contributed by atoms with van der Waals surface area (Å²) in [6.45, 7) is 0. The Morgan fingerprint density at radius 1 is 1.10 bits per heavy atom. The van der Waals surface area contributed by atoms with Crippen LogP contribution in [0.4, 0.5) is 0 Å². The molecule has 1 fully saturated rings. The van der Waals surface area contributed by atoms with Crippen molar-refractivity contribution >= 4 is 28.0 Å². The number of hydrogen-bond donors (Lipinski definition) is 1. The SMILES string of the molecule is NC(=S)c1ccc(-n2ccc(C3CC3)n2)c2ccccc12. The summed E-state index contributed by atoms with van der Waals surface area (Å²) >= 11 is 5.15. The molecule has 0 amide bonds. The first-order valence-corrected chi connectivity index (χ1v) is 7.52. The maximum atomic E-state index is 5.83. The molecule has 3 aromatic rings. The molecular formula is C17H15N3S. The first-order valence-electron chi connectivity index (χ1n) is 7.11. The van der Waals surface area contributed by atoms with E-state index in [1.165, 1.54) is 18.5 Å². The lowest BCUT2D eigenvalue weighted by Gasteiger charge is -2.10. The van der Waals surface area contributed by atoms with Crippen LogP contribution in [0, 0.1) is 0 Å². The molecule has 0 saturated heterocycles. The van der Waals surface area contributed by atoms with E-state index in [-0.39, 0.29) is 0 Å². The van der Waals surface area contributed by atoms with Crippen LogP contribution in [0.25, 0.3) is 16.5 Å². The summed E-state index contributed by atoms with van der Waals surface area (Å²) in [6.07, 6.45) is 4.56. The summed E-state index contributed by atoms with van der Waals surface area (Å²) in [6, 6.07) is 14.3. The molecule has 1 aromatic heterocycles. The Morgan fingerprint density at radius 3 is 2.57 bits per heavy atom. The number of thiocarbonyl (C=S) groups is 1. The zero-order valence-electron chi connectivity index (χ0n) is 11.5. The predicted molar refractivity (Wildman–Crippen MR) is 88.9 cm³/mol. The van der Waals surface area contributed by atoms with Gasteiger partial charge in [0.1, 0.15) is 4.99 Å². The van der Waals surface area contributed by atoms with Crippen LogP contribution in [0.1, 0.15) is 30.0 Å². The van der Waals surface area contributed by atoms with Gasteiger partial charge in [-0.2, -0.15) is 5.10 Å².